The zero-order valence-corrected chi connectivity index (χ0v) is 13.5. The molecule has 0 aromatic carbocycles. The second-order valence-corrected chi connectivity index (χ2v) is 7.53. The second-order valence-electron chi connectivity index (χ2n) is 7.53. The van der Waals surface area contributed by atoms with Crippen molar-refractivity contribution in [3.63, 3.8) is 0 Å². The minimum atomic E-state index is -0.161. The number of carbonyl (C=O) groups excluding carboxylic acids is 3. The summed E-state index contributed by atoms with van der Waals surface area (Å²) in [5.74, 6) is -0.610. The molecule has 3 saturated heterocycles. The Morgan fingerprint density at radius 2 is 1.61 bits per heavy atom. The van der Waals surface area contributed by atoms with E-state index in [2.05, 4.69) is 5.32 Å². The van der Waals surface area contributed by atoms with Crippen molar-refractivity contribution in [2.24, 2.45) is 11.8 Å². The van der Waals surface area contributed by atoms with E-state index < -0.39 is 0 Å². The summed E-state index contributed by atoms with van der Waals surface area (Å²) >= 11 is 0. The Bertz CT molecular complexity index is 511. The van der Waals surface area contributed by atoms with Gasteiger partial charge in [-0.1, -0.05) is 12.8 Å². The van der Waals surface area contributed by atoms with Crippen LogP contribution in [0, 0.1) is 11.8 Å². The molecular weight excluding hydrogens is 294 g/mol. The fourth-order valence-corrected chi connectivity index (χ4v) is 4.79. The second kappa shape index (κ2) is 5.89. The molecule has 1 N–H and O–H groups in total. The first-order chi connectivity index (χ1) is 11.1. The van der Waals surface area contributed by atoms with Crippen LogP contribution < -0.4 is 5.32 Å². The van der Waals surface area contributed by atoms with Crippen molar-refractivity contribution >= 4 is 17.7 Å². The van der Waals surface area contributed by atoms with Crippen molar-refractivity contribution in [2.45, 2.75) is 57.0 Å². The smallest absolute Gasteiger partial charge is 0.242 e. The summed E-state index contributed by atoms with van der Waals surface area (Å²) < 4.78 is 0. The van der Waals surface area contributed by atoms with E-state index in [1.165, 1.54) is 11.3 Å². The van der Waals surface area contributed by atoms with Crippen molar-refractivity contribution in [3.8, 4) is 0 Å². The van der Waals surface area contributed by atoms with Crippen LogP contribution in [0.1, 0.15) is 44.9 Å². The highest BCUT2D eigenvalue weighted by Gasteiger charge is 2.48. The number of nitrogens with zero attached hydrogens (tertiary/aromatic N) is 2. The third-order valence-electron chi connectivity index (χ3n) is 6.10. The lowest BCUT2D eigenvalue weighted by Gasteiger charge is -2.26. The standard InChI is InChI=1S/C17H25N3O3/c21-15(19-8-7-11-5-6-12(9-19)18-11)10-20-16(22)13-3-1-2-4-14(13)17(20)23/h11-14,18H,1-10H2. The quantitative estimate of drug-likeness (QED) is 0.753. The third-order valence-corrected chi connectivity index (χ3v) is 6.10. The fourth-order valence-electron chi connectivity index (χ4n) is 4.79. The van der Waals surface area contributed by atoms with E-state index in [0.29, 0.717) is 18.6 Å². The number of imide groups is 1. The Labute approximate surface area is 136 Å². The molecule has 0 radical (unpaired) electrons. The summed E-state index contributed by atoms with van der Waals surface area (Å²) in [6, 6.07) is 0.898. The van der Waals surface area contributed by atoms with Gasteiger partial charge in [-0.3, -0.25) is 19.3 Å². The Morgan fingerprint density at radius 3 is 2.30 bits per heavy atom. The van der Waals surface area contributed by atoms with Gasteiger partial charge in [-0.2, -0.15) is 0 Å². The minimum Gasteiger partial charge on any atom is -0.340 e. The van der Waals surface area contributed by atoms with Gasteiger partial charge in [0.05, 0.1) is 11.8 Å². The molecule has 0 aromatic heterocycles. The van der Waals surface area contributed by atoms with Gasteiger partial charge in [0, 0.05) is 25.2 Å². The van der Waals surface area contributed by atoms with Crippen molar-refractivity contribution in [1.82, 2.24) is 15.1 Å². The normalized spacial score (nSPS) is 37.0. The molecule has 3 heterocycles. The average molecular weight is 319 g/mol. The predicted molar refractivity (Wildman–Crippen MR) is 83.3 cm³/mol. The van der Waals surface area contributed by atoms with Crippen LogP contribution >= 0.6 is 0 Å². The number of hydrogen-bond acceptors (Lipinski definition) is 4. The molecule has 4 fully saturated rings. The lowest BCUT2D eigenvalue weighted by atomic mass is 9.81. The van der Waals surface area contributed by atoms with E-state index in [9.17, 15) is 14.4 Å². The number of likely N-dealkylation sites (tertiary alicyclic amines) is 2. The van der Waals surface area contributed by atoms with Gasteiger partial charge in [0.15, 0.2) is 0 Å². The van der Waals surface area contributed by atoms with Gasteiger partial charge in [0.2, 0.25) is 17.7 Å². The maximum atomic E-state index is 12.6. The van der Waals surface area contributed by atoms with Gasteiger partial charge in [0.1, 0.15) is 6.54 Å². The molecule has 6 heteroatoms. The summed E-state index contributed by atoms with van der Waals surface area (Å²) in [7, 11) is 0. The molecule has 4 unspecified atom stereocenters. The van der Waals surface area contributed by atoms with E-state index in [4.69, 9.17) is 0 Å². The predicted octanol–water partition coefficient (Wildman–Crippen LogP) is 0.515. The molecular formula is C17H25N3O3. The molecule has 4 atom stereocenters. The van der Waals surface area contributed by atoms with Crippen molar-refractivity contribution in [1.29, 1.82) is 0 Å². The van der Waals surface area contributed by atoms with E-state index in [-0.39, 0.29) is 36.1 Å². The molecule has 3 amide bonds. The lowest BCUT2D eigenvalue weighted by Crippen LogP contribution is -2.46. The number of amides is 3. The molecule has 126 valence electrons. The maximum Gasteiger partial charge on any atom is 0.242 e. The van der Waals surface area contributed by atoms with Gasteiger partial charge in [-0.15, -0.1) is 0 Å². The van der Waals surface area contributed by atoms with Crippen LogP contribution in [0.25, 0.3) is 0 Å². The van der Waals surface area contributed by atoms with E-state index >= 15 is 0 Å². The largest absolute Gasteiger partial charge is 0.340 e. The highest BCUT2D eigenvalue weighted by molar-refractivity contribution is 6.07. The Morgan fingerprint density at radius 1 is 0.957 bits per heavy atom. The van der Waals surface area contributed by atoms with Crippen LogP contribution in [0.4, 0.5) is 0 Å². The van der Waals surface area contributed by atoms with Crippen LogP contribution in [0.2, 0.25) is 0 Å². The summed E-state index contributed by atoms with van der Waals surface area (Å²) in [6.07, 6.45) is 6.91. The third kappa shape index (κ3) is 2.67. The molecule has 4 aliphatic rings. The molecule has 4 rings (SSSR count). The Balaban J connectivity index is 1.42. The van der Waals surface area contributed by atoms with E-state index in [1.54, 1.807) is 0 Å². The number of carbonyl (C=O) groups is 3. The molecule has 2 bridgehead atoms. The van der Waals surface area contributed by atoms with Crippen molar-refractivity contribution in [3.05, 3.63) is 0 Å². The first-order valence-electron chi connectivity index (χ1n) is 9.02. The summed E-state index contributed by atoms with van der Waals surface area (Å²) in [4.78, 5) is 40.7. The average Bonchev–Trinajstić information content (AvgIpc) is 3.00. The van der Waals surface area contributed by atoms with Gasteiger partial charge in [0.25, 0.3) is 0 Å². The van der Waals surface area contributed by atoms with Crippen molar-refractivity contribution < 1.29 is 14.4 Å². The van der Waals surface area contributed by atoms with Crippen LogP contribution in [0.15, 0.2) is 0 Å². The Kier molecular flexibility index (Phi) is 3.87. The van der Waals surface area contributed by atoms with Gasteiger partial charge >= 0.3 is 0 Å². The zero-order valence-electron chi connectivity index (χ0n) is 13.5. The van der Waals surface area contributed by atoms with Crippen LogP contribution in [0.5, 0.6) is 0 Å². The van der Waals surface area contributed by atoms with Gasteiger partial charge < -0.3 is 10.2 Å². The molecule has 0 spiro atoms. The van der Waals surface area contributed by atoms with Crippen LogP contribution in [-0.4, -0.2) is 59.2 Å². The zero-order chi connectivity index (χ0) is 16.0. The highest BCUT2D eigenvalue weighted by Crippen LogP contribution is 2.38. The number of nitrogens with one attached hydrogen (secondary N) is 1. The number of hydrogen-bond donors (Lipinski definition) is 1. The summed E-state index contributed by atoms with van der Waals surface area (Å²) in [6.45, 7) is 1.39. The van der Waals surface area contributed by atoms with Crippen molar-refractivity contribution in [2.75, 3.05) is 19.6 Å². The summed E-state index contributed by atoms with van der Waals surface area (Å²) in [5.41, 5.74) is 0. The van der Waals surface area contributed by atoms with Crippen LogP contribution in [-0.2, 0) is 14.4 Å². The van der Waals surface area contributed by atoms with Gasteiger partial charge in [-0.05, 0) is 32.1 Å². The fraction of sp³-hybridized carbons (Fsp3) is 0.824. The number of rotatable bonds is 2. The molecule has 23 heavy (non-hydrogen) atoms. The monoisotopic (exact) mass is 319 g/mol. The maximum absolute atomic E-state index is 12.6. The molecule has 3 aliphatic heterocycles. The molecule has 6 nitrogen and oxygen atoms in total. The number of fused-ring (bicyclic) bond motifs is 3. The lowest BCUT2D eigenvalue weighted by molar-refractivity contribution is -0.146. The molecule has 1 saturated carbocycles. The molecule has 1 aliphatic carbocycles. The van der Waals surface area contributed by atoms with E-state index in [0.717, 1.165) is 45.1 Å². The first kappa shape index (κ1) is 15.1. The minimum absolute atomic E-state index is 0.0535. The van der Waals surface area contributed by atoms with E-state index in [1.807, 2.05) is 4.90 Å². The first-order valence-corrected chi connectivity index (χ1v) is 9.02. The topological polar surface area (TPSA) is 69.7 Å². The summed E-state index contributed by atoms with van der Waals surface area (Å²) in [5, 5.41) is 3.55. The van der Waals surface area contributed by atoms with Crippen LogP contribution in [0.3, 0.4) is 0 Å². The Hall–Kier alpha value is -1.43. The molecule has 0 aromatic rings. The van der Waals surface area contributed by atoms with Gasteiger partial charge in [-0.25, -0.2) is 0 Å². The highest BCUT2D eigenvalue weighted by atomic mass is 16.2. The SMILES string of the molecule is O=C(CN1C(=O)C2CCCCC2C1=O)N1CCC2CCC(C1)N2.